The number of nitrogens with zero attached hydrogens (tertiary/aromatic N) is 4. The lowest BCUT2D eigenvalue weighted by atomic mass is 10.0. The Labute approximate surface area is 235 Å². The lowest BCUT2D eigenvalue weighted by Crippen LogP contribution is -2.43. The van der Waals surface area contributed by atoms with E-state index in [2.05, 4.69) is 15.6 Å². The highest BCUT2D eigenvalue weighted by Gasteiger charge is 2.40. The van der Waals surface area contributed by atoms with E-state index in [9.17, 15) is 18.8 Å². The minimum absolute atomic E-state index is 0. The van der Waals surface area contributed by atoms with Gasteiger partial charge in [0, 0.05) is 19.2 Å². The number of fused-ring (bicyclic) bond motifs is 1. The third-order valence-corrected chi connectivity index (χ3v) is 7.96. The van der Waals surface area contributed by atoms with Crippen LogP contribution in [0.15, 0.2) is 29.2 Å². The Bertz CT molecular complexity index is 1290. The molecule has 5 heterocycles. The van der Waals surface area contributed by atoms with Gasteiger partial charge in [0.2, 0.25) is 11.8 Å². The topological polar surface area (TPSA) is 107 Å². The predicted molar refractivity (Wildman–Crippen MR) is 148 cm³/mol. The van der Waals surface area contributed by atoms with Crippen molar-refractivity contribution in [3.63, 3.8) is 0 Å². The standard InChI is InChI=1S/C24H25FN6O4S.2ClH/c1-29-11-20(33)31-10-15(21-14(25)4-5-16(29)22(21)31)26-8-2-3-13-9-30(24(34)35-13)18-7-6-17-23(27-18)28-19(32)12-36-17;;/h4-7,13,15,26H,2-3,8-12H2,1H3,(H,27,28,32);2*1H/t13-,15?;;/m1../s1. The van der Waals surface area contributed by atoms with E-state index in [-0.39, 0.29) is 61.1 Å². The number of cyclic esters (lactones) is 1. The molecule has 2 aromatic rings. The van der Waals surface area contributed by atoms with Gasteiger partial charge in [-0.15, -0.1) is 36.6 Å². The number of thioether (sulfide) groups is 1. The first-order valence-corrected chi connectivity index (χ1v) is 12.9. The first-order valence-electron chi connectivity index (χ1n) is 11.9. The van der Waals surface area contributed by atoms with Gasteiger partial charge in [-0.05, 0) is 43.7 Å². The molecule has 14 heteroatoms. The Hall–Kier alpha value is -2.80. The number of rotatable bonds is 6. The van der Waals surface area contributed by atoms with E-state index < -0.39 is 6.09 Å². The number of hydrogen-bond donors (Lipinski definition) is 2. The third kappa shape index (κ3) is 4.97. The Morgan fingerprint density at radius 1 is 1.16 bits per heavy atom. The molecule has 6 rings (SSSR count). The number of carbonyl (C=O) groups excluding carboxylic acids is 3. The first-order chi connectivity index (χ1) is 17.4. The average Bonchev–Trinajstić information content (AvgIpc) is 3.42. The molecule has 1 aromatic carbocycles. The fourth-order valence-electron chi connectivity index (χ4n) is 5.20. The zero-order valence-corrected chi connectivity index (χ0v) is 22.9. The van der Waals surface area contributed by atoms with Crippen molar-refractivity contribution in [2.75, 3.05) is 59.0 Å². The molecule has 1 aromatic heterocycles. The number of likely N-dealkylation sites (N-methyl/N-ethyl adjacent to an activating group) is 1. The molecule has 2 atom stereocenters. The summed E-state index contributed by atoms with van der Waals surface area (Å²) in [5, 5.41) is 6.13. The van der Waals surface area contributed by atoms with Crippen molar-refractivity contribution >= 4 is 77.5 Å². The SMILES string of the molecule is CN1CC(=O)N2CC(NCCC[C@@H]3CN(c4ccc5c(n4)NC(=O)CS5)C(=O)O3)c3c(F)ccc1c32.Cl.Cl. The van der Waals surface area contributed by atoms with Gasteiger partial charge in [0.1, 0.15) is 23.6 Å². The van der Waals surface area contributed by atoms with Crippen LogP contribution in [0.25, 0.3) is 0 Å². The maximum Gasteiger partial charge on any atom is 0.415 e. The van der Waals surface area contributed by atoms with E-state index >= 15 is 0 Å². The average molecular weight is 585 g/mol. The van der Waals surface area contributed by atoms with Gasteiger partial charge in [-0.3, -0.25) is 14.5 Å². The molecule has 10 nitrogen and oxygen atoms in total. The van der Waals surface area contributed by atoms with Crippen molar-refractivity contribution < 1.29 is 23.5 Å². The molecule has 0 saturated carbocycles. The smallest absolute Gasteiger partial charge is 0.415 e. The van der Waals surface area contributed by atoms with Crippen LogP contribution in [0, 0.1) is 5.82 Å². The van der Waals surface area contributed by atoms with E-state index in [4.69, 9.17) is 4.74 Å². The molecule has 1 saturated heterocycles. The number of anilines is 4. The summed E-state index contributed by atoms with van der Waals surface area (Å²) >= 11 is 1.41. The van der Waals surface area contributed by atoms with Crippen molar-refractivity contribution in [3.05, 3.63) is 35.6 Å². The Morgan fingerprint density at radius 3 is 2.79 bits per heavy atom. The van der Waals surface area contributed by atoms with E-state index in [0.29, 0.717) is 61.1 Å². The normalized spacial score (nSPS) is 21.3. The second-order valence-electron chi connectivity index (χ2n) is 9.31. The second kappa shape index (κ2) is 11.1. The molecule has 0 aliphatic carbocycles. The molecule has 3 amide bonds. The number of aromatic nitrogens is 1. The van der Waals surface area contributed by atoms with Crippen molar-refractivity contribution in [1.82, 2.24) is 10.3 Å². The zero-order valence-electron chi connectivity index (χ0n) is 20.4. The van der Waals surface area contributed by atoms with Gasteiger partial charge in [0.15, 0.2) is 0 Å². The van der Waals surface area contributed by atoms with Crippen LogP contribution in [0.1, 0.15) is 24.4 Å². The van der Waals surface area contributed by atoms with E-state index in [0.717, 1.165) is 10.6 Å². The molecular formula is C24H27Cl2FN6O4S. The van der Waals surface area contributed by atoms with Crippen molar-refractivity contribution in [3.8, 4) is 0 Å². The largest absolute Gasteiger partial charge is 0.444 e. The maximum absolute atomic E-state index is 14.7. The van der Waals surface area contributed by atoms with Gasteiger partial charge < -0.3 is 25.2 Å². The Kier molecular flexibility index (Phi) is 8.26. The van der Waals surface area contributed by atoms with Gasteiger partial charge in [0.25, 0.3) is 0 Å². The van der Waals surface area contributed by atoms with Crippen LogP contribution in [0.3, 0.4) is 0 Å². The molecule has 38 heavy (non-hydrogen) atoms. The van der Waals surface area contributed by atoms with E-state index in [1.165, 1.54) is 22.7 Å². The van der Waals surface area contributed by atoms with Crippen LogP contribution < -0.4 is 25.3 Å². The lowest BCUT2D eigenvalue weighted by Gasteiger charge is -2.32. The highest BCUT2D eigenvalue weighted by molar-refractivity contribution is 8.00. The zero-order chi connectivity index (χ0) is 25.0. The van der Waals surface area contributed by atoms with E-state index in [1.54, 1.807) is 17.0 Å². The summed E-state index contributed by atoms with van der Waals surface area (Å²) < 4.78 is 20.3. The maximum atomic E-state index is 14.7. The fourth-order valence-corrected chi connectivity index (χ4v) is 5.95. The van der Waals surface area contributed by atoms with Gasteiger partial charge in [-0.2, -0.15) is 0 Å². The minimum atomic E-state index is -0.466. The summed E-state index contributed by atoms with van der Waals surface area (Å²) in [7, 11) is 1.84. The monoisotopic (exact) mass is 584 g/mol. The number of hydrogen-bond acceptors (Lipinski definition) is 8. The molecule has 0 bridgehead atoms. The molecule has 0 spiro atoms. The number of carbonyl (C=O) groups is 3. The quantitative estimate of drug-likeness (QED) is 0.498. The number of amides is 3. The minimum Gasteiger partial charge on any atom is -0.444 e. The summed E-state index contributed by atoms with van der Waals surface area (Å²) in [6.45, 7) is 1.63. The first kappa shape index (κ1) is 28.2. The lowest BCUT2D eigenvalue weighted by molar-refractivity contribution is -0.117. The van der Waals surface area contributed by atoms with Gasteiger partial charge in [0.05, 0.1) is 41.2 Å². The summed E-state index contributed by atoms with van der Waals surface area (Å²) in [6, 6.07) is 6.50. The van der Waals surface area contributed by atoms with Gasteiger partial charge in [-0.1, -0.05) is 0 Å². The Morgan fingerprint density at radius 2 is 1.97 bits per heavy atom. The molecular weight excluding hydrogens is 558 g/mol. The van der Waals surface area contributed by atoms with E-state index in [1.807, 2.05) is 18.0 Å². The number of pyridine rings is 1. The van der Waals surface area contributed by atoms with Crippen molar-refractivity contribution in [1.29, 1.82) is 0 Å². The summed E-state index contributed by atoms with van der Waals surface area (Å²) in [6.07, 6.45) is 0.567. The summed E-state index contributed by atoms with van der Waals surface area (Å²) in [4.78, 5) is 47.0. The predicted octanol–water partition coefficient (Wildman–Crippen LogP) is 3.34. The third-order valence-electron chi connectivity index (χ3n) is 6.92. The van der Waals surface area contributed by atoms with Crippen LogP contribution in [-0.2, 0) is 14.3 Å². The number of nitrogens with one attached hydrogen (secondary N) is 2. The highest BCUT2D eigenvalue weighted by atomic mass is 35.5. The molecule has 2 N–H and O–H groups in total. The molecule has 0 radical (unpaired) electrons. The van der Waals surface area contributed by atoms with Gasteiger partial charge >= 0.3 is 6.09 Å². The molecule has 1 fully saturated rings. The molecule has 4 aliphatic rings. The highest BCUT2D eigenvalue weighted by Crippen LogP contribution is 2.45. The number of benzene rings is 1. The van der Waals surface area contributed by atoms with Crippen LogP contribution >= 0.6 is 36.6 Å². The fraction of sp³-hybridized carbons (Fsp3) is 0.417. The van der Waals surface area contributed by atoms with Gasteiger partial charge in [-0.25, -0.2) is 14.2 Å². The number of ether oxygens (including phenoxy) is 1. The second-order valence-corrected chi connectivity index (χ2v) is 10.3. The molecule has 204 valence electrons. The number of halogens is 3. The van der Waals surface area contributed by atoms with Crippen molar-refractivity contribution in [2.45, 2.75) is 29.9 Å². The van der Waals surface area contributed by atoms with Crippen molar-refractivity contribution in [2.24, 2.45) is 0 Å². The van der Waals surface area contributed by atoms with Crippen LogP contribution in [0.5, 0.6) is 0 Å². The Balaban J connectivity index is 0.00000168. The van der Waals surface area contributed by atoms with Crippen LogP contribution in [0.2, 0.25) is 0 Å². The van der Waals surface area contributed by atoms with Crippen LogP contribution in [-0.4, -0.2) is 68.0 Å². The molecule has 1 unspecified atom stereocenters. The summed E-state index contributed by atoms with van der Waals surface area (Å²) in [5.41, 5.74) is 2.07. The summed E-state index contributed by atoms with van der Waals surface area (Å²) in [5.74, 6) is 0.785. The van der Waals surface area contributed by atoms with Crippen LogP contribution in [0.4, 0.5) is 32.2 Å². The molecule has 4 aliphatic heterocycles.